The molecule has 1 N–H and O–H groups in total. The summed E-state index contributed by atoms with van der Waals surface area (Å²) in [6.45, 7) is 4.37. The number of aliphatic hydroxyl groups is 1. The molecule has 1 nitrogen and oxygen atoms in total. The molecule has 0 radical (unpaired) electrons. The smallest absolute Gasteiger partial charge is 0.0471 e. The summed E-state index contributed by atoms with van der Waals surface area (Å²) in [5.74, 6) is 0. The van der Waals surface area contributed by atoms with Gasteiger partial charge in [-0.3, -0.25) is 0 Å². The number of aryl methyl sites for hydroxylation is 1. The Balaban J connectivity index is 3.14. The van der Waals surface area contributed by atoms with Crippen molar-refractivity contribution in [2.45, 2.75) is 20.3 Å². The molecule has 1 aromatic rings. The Hall–Kier alpha value is -0.340. The molecule has 0 fully saturated rings. The third kappa shape index (κ3) is 1.87. The fourth-order valence-corrected chi connectivity index (χ4v) is 1.73. The van der Waals surface area contributed by atoms with Crippen LogP contribution in [0.4, 0.5) is 0 Å². The van der Waals surface area contributed by atoms with Gasteiger partial charge in [-0.2, -0.15) is 0 Å². The van der Waals surface area contributed by atoms with Crippen LogP contribution in [0.25, 0.3) is 0 Å². The lowest BCUT2D eigenvalue weighted by atomic mass is 10.0. The predicted molar refractivity (Wildman–Crippen MR) is 54.4 cm³/mol. The number of benzene rings is 1. The minimum atomic E-state index is 0.220. The first-order valence-electron chi connectivity index (χ1n) is 4.02. The summed E-state index contributed by atoms with van der Waals surface area (Å²) in [5, 5.41) is 8.84. The number of halogens is 1. The van der Waals surface area contributed by atoms with Gasteiger partial charge in [0.05, 0.1) is 0 Å². The van der Waals surface area contributed by atoms with E-state index in [0.29, 0.717) is 0 Å². The lowest BCUT2D eigenvalue weighted by molar-refractivity contribution is 0.299. The molecule has 0 aliphatic rings. The van der Waals surface area contributed by atoms with E-state index in [1.54, 1.807) is 0 Å². The SMILES string of the molecule is Cc1ccc(Br)c(C)c1CCO. The van der Waals surface area contributed by atoms with Crippen molar-refractivity contribution in [1.82, 2.24) is 0 Å². The Morgan fingerprint density at radius 2 is 2.00 bits per heavy atom. The van der Waals surface area contributed by atoms with Crippen molar-refractivity contribution >= 4 is 15.9 Å². The molecule has 0 spiro atoms. The van der Waals surface area contributed by atoms with Gasteiger partial charge in [-0.25, -0.2) is 0 Å². The predicted octanol–water partition coefficient (Wildman–Crippen LogP) is 2.60. The largest absolute Gasteiger partial charge is 0.396 e. The van der Waals surface area contributed by atoms with E-state index < -0.39 is 0 Å². The van der Waals surface area contributed by atoms with Crippen LogP contribution in [0.3, 0.4) is 0 Å². The first kappa shape index (κ1) is 9.75. The number of rotatable bonds is 2. The molecule has 2 heteroatoms. The van der Waals surface area contributed by atoms with Gasteiger partial charge >= 0.3 is 0 Å². The summed E-state index contributed by atoms with van der Waals surface area (Å²) < 4.78 is 1.12. The van der Waals surface area contributed by atoms with Crippen LogP contribution in [0.1, 0.15) is 16.7 Å². The minimum absolute atomic E-state index is 0.220. The van der Waals surface area contributed by atoms with E-state index >= 15 is 0 Å². The summed E-state index contributed by atoms with van der Waals surface area (Å²) in [7, 11) is 0. The highest BCUT2D eigenvalue weighted by Gasteiger charge is 2.04. The van der Waals surface area contributed by atoms with Gasteiger partial charge in [-0.1, -0.05) is 22.0 Å². The number of hydrogen-bond acceptors (Lipinski definition) is 1. The highest BCUT2D eigenvalue weighted by molar-refractivity contribution is 9.10. The van der Waals surface area contributed by atoms with Gasteiger partial charge in [-0.15, -0.1) is 0 Å². The van der Waals surface area contributed by atoms with E-state index in [4.69, 9.17) is 5.11 Å². The Kier molecular flexibility index (Phi) is 3.29. The van der Waals surface area contributed by atoms with E-state index in [9.17, 15) is 0 Å². The van der Waals surface area contributed by atoms with Gasteiger partial charge in [0, 0.05) is 11.1 Å². The maximum Gasteiger partial charge on any atom is 0.0471 e. The van der Waals surface area contributed by atoms with Crippen LogP contribution in [0.5, 0.6) is 0 Å². The van der Waals surface area contributed by atoms with E-state index in [2.05, 4.69) is 35.8 Å². The molecule has 0 atom stereocenters. The minimum Gasteiger partial charge on any atom is -0.396 e. The Bertz CT molecular complexity index is 281. The molecular formula is C10H13BrO. The molecule has 0 saturated heterocycles. The van der Waals surface area contributed by atoms with E-state index in [1.807, 2.05) is 6.07 Å². The Labute approximate surface area is 81.6 Å². The summed E-state index contributed by atoms with van der Waals surface area (Å²) in [6.07, 6.45) is 0.747. The molecule has 0 aromatic heterocycles. The van der Waals surface area contributed by atoms with Crippen molar-refractivity contribution in [3.05, 3.63) is 33.3 Å². The molecule has 0 bridgehead atoms. The Morgan fingerprint density at radius 3 is 2.58 bits per heavy atom. The molecular weight excluding hydrogens is 216 g/mol. The van der Waals surface area contributed by atoms with Crippen molar-refractivity contribution < 1.29 is 5.11 Å². The monoisotopic (exact) mass is 228 g/mol. The van der Waals surface area contributed by atoms with E-state index in [0.717, 1.165) is 10.9 Å². The zero-order chi connectivity index (χ0) is 9.14. The molecule has 0 unspecified atom stereocenters. The van der Waals surface area contributed by atoms with Crippen LogP contribution in [-0.2, 0) is 6.42 Å². The van der Waals surface area contributed by atoms with E-state index in [-0.39, 0.29) is 6.61 Å². The van der Waals surface area contributed by atoms with Crippen LogP contribution < -0.4 is 0 Å². The molecule has 0 amide bonds. The molecule has 1 aromatic carbocycles. The molecule has 12 heavy (non-hydrogen) atoms. The van der Waals surface area contributed by atoms with Crippen molar-refractivity contribution in [1.29, 1.82) is 0 Å². The first-order valence-corrected chi connectivity index (χ1v) is 4.81. The summed E-state index contributed by atoms with van der Waals surface area (Å²) in [4.78, 5) is 0. The second-order valence-corrected chi connectivity index (χ2v) is 3.80. The van der Waals surface area contributed by atoms with Gasteiger partial charge in [-0.05, 0) is 43.0 Å². The van der Waals surface area contributed by atoms with Gasteiger partial charge in [0.2, 0.25) is 0 Å². The fourth-order valence-electron chi connectivity index (χ4n) is 1.36. The third-order valence-corrected chi connectivity index (χ3v) is 2.99. The zero-order valence-corrected chi connectivity index (χ0v) is 8.98. The van der Waals surface area contributed by atoms with Crippen LogP contribution >= 0.6 is 15.9 Å². The Morgan fingerprint density at radius 1 is 1.33 bits per heavy atom. The molecule has 66 valence electrons. The van der Waals surface area contributed by atoms with Crippen molar-refractivity contribution in [2.24, 2.45) is 0 Å². The highest BCUT2D eigenvalue weighted by atomic mass is 79.9. The quantitative estimate of drug-likeness (QED) is 0.826. The van der Waals surface area contributed by atoms with Gasteiger partial charge in [0.25, 0.3) is 0 Å². The van der Waals surface area contributed by atoms with Crippen molar-refractivity contribution in [3.8, 4) is 0 Å². The second-order valence-electron chi connectivity index (χ2n) is 2.94. The summed E-state index contributed by atoms with van der Waals surface area (Å²) in [5.41, 5.74) is 3.75. The average Bonchev–Trinajstić information content (AvgIpc) is 2.06. The van der Waals surface area contributed by atoms with Gasteiger partial charge in [0.1, 0.15) is 0 Å². The average molecular weight is 229 g/mol. The normalized spacial score (nSPS) is 10.3. The molecule has 1 rings (SSSR count). The summed E-state index contributed by atoms with van der Waals surface area (Å²) >= 11 is 3.47. The first-order chi connectivity index (χ1) is 5.66. The van der Waals surface area contributed by atoms with Crippen molar-refractivity contribution in [2.75, 3.05) is 6.61 Å². The van der Waals surface area contributed by atoms with Crippen LogP contribution in [0.2, 0.25) is 0 Å². The lowest BCUT2D eigenvalue weighted by Crippen LogP contribution is -1.97. The topological polar surface area (TPSA) is 20.2 Å². The third-order valence-electron chi connectivity index (χ3n) is 2.13. The number of hydrogen-bond donors (Lipinski definition) is 1. The molecule has 0 aliphatic carbocycles. The second kappa shape index (κ2) is 4.06. The standard InChI is InChI=1S/C10H13BrO/c1-7-3-4-10(11)8(2)9(7)5-6-12/h3-4,12H,5-6H2,1-2H3. The molecule has 0 saturated carbocycles. The van der Waals surface area contributed by atoms with E-state index in [1.165, 1.54) is 16.7 Å². The van der Waals surface area contributed by atoms with Crippen LogP contribution in [0, 0.1) is 13.8 Å². The maximum absolute atomic E-state index is 8.84. The maximum atomic E-state index is 8.84. The van der Waals surface area contributed by atoms with Crippen LogP contribution in [0.15, 0.2) is 16.6 Å². The highest BCUT2D eigenvalue weighted by Crippen LogP contribution is 2.22. The fraction of sp³-hybridized carbons (Fsp3) is 0.400. The van der Waals surface area contributed by atoms with Gasteiger partial charge in [0.15, 0.2) is 0 Å². The van der Waals surface area contributed by atoms with Gasteiger partial charge < -0.3 is 5.11 Å². The summed E-state index contributed by atoms with van der Waals surface area (Å²) in [6, 6.07) is 4.12. The van der Waals surface area contributed by atoms with Crippen LogP contribution in [-0.4, -0.2) is 11.7 Å². The molecule has 0 aliphatic heterocycles. The van der Waals surface area contributed by atoms with Crippen molar-refractivity contribution in [3.63, 3.8) is 0 Å². The number of aliphatic hydroxyl groups excluding tert-OH is 1. The lowest BCUT2D eigenvalue weighted by Gasteiger charge is -2.09. The molecule has 0 heterocycles. The zero-order valence-electron chi connectivity index (χ0n) is 7.39.